The highest BCUT2D eigenvalue weighted by atomic mass is 32.1. The van der Waals surface area contributed by atoms with E-state index in [1.54, 1.807) is 35.7 Å². The molecular weight excluding hydrogens is 326 g/mol. The van der Waals surface area contributed by atoms with Crippen LogP contribution in [0.2, 0.25) is 0 Å². The Labute approximate surface area is 141 Å². The molecule has 0 fully saturated rings. The van der Waals surface area contributed by atoms with Crippen molar-refractivity contribution in [2.45, 2.75) is 32.2 Å². The van der Waals surface area contributed by atoms with Crippen LogP contribution in [-0.2, 0) is 24.2 Å². The van der Waals surface area contributed by atoms with Crippen molar-refractivity contribution in [3.05, 3.63) is 45.2 Å². The third-order valence-electron chi connectivity index (χ3n) is 4.26. The minimum absolute atomic E-state index is 0.276. The lowest BCUT2D eigenvalue weighted by molar-refractivity contribution is -0.137. The van der Waals surface area contributed by atoms with Crippen LogP contribution in [0.3, 0.4) is 0 Å². The Morgan fingerprint density at radius 2 is 2.12 bits per heavy atom. The van der Waals surface area contributed by atoms with Gasteiger partial charge in [-0.25, -0.2) is 4.98 Å². The van der Waals surface area contributed by atoms with E-state index in [2.05, 4.69) is 9.97 Å². The van der Waals surface area contributed by atoms with Crippen LogP contribution in [0.4, 0.5) is 0 Å². The van der Waals surface area contributed by atoms with Crippen LogP contribution in [0.5, 0.6) is 0 Å². The number of fused-ring (bicyclic) bond motifs is 3. The molecule has 0 unspecified atom stereocenters. The monoisotopic (exact) mass is 341 g/mol. The summed E-state index contributed by atoms with van der Waals surface area (Å²) in [4.78, 5) is 35.0. The third-order valence-corrected chi connectivity index (χ3v) is 5.45. The van der Waals surface area contributed by atoms with Gasteiger partial charge in [0.2, 0.25) is 0 Å². The number of aryl methyl sites for hydroxylation is 2. The summed E-state index contributed by atoms with van der Waals surface area (Å²) < 4.78 is 1.23. The highest BCUT2D eigenvalue weighted by Crippen LogP contribution is 2.34. The van der Waals surface area contributed by atoms with Crippen molar-refractivity contribution < 1.29 is 9.90 Å². The van der Waals surface area contributed by atoms with Gasteiger partial charge < -0.3 is 5.11 Å². The summed E-state index contributed by atoms with van der Waals surface area (Å²) in [6.45, 7) is -0.418. The molecule has 1 N–H and O–H groups in total. The zero-order chi connectivity index (χ0) is 16.7. The third kappa shape index (κ3) is 2.41. The normalized spacial score (nSPS) is 13.8. The van der Waals surface area contributed by atoms with Crippen molar-refractivity contribution >= 4 is 27.5 Å². The Balaban J connectivity index is 2.04. The lowest BCUT2D eigenvalue weighted by atomic mass is 9.97. The predicted octanol–water partition coefficient (Wildman–Crippen LogP) is 2.48. The summed E-state index contributed by atoms with van der Waals surface area (Å²) in [6.07, 6.45) is 5.61. The number of pyridine rings is 1. The largest absolute Gasteiger partial charge is 0.480 e. The molecule has 6 nitrogen and oxygen atoms in total. The summed E-state index contributed by atoms with van der Waals surface area (Å²) >= 11 is 1.55. The molecule has 1 aliphatic carbocycles. The van der Waals surface area contributed by atoms with Crippen LogP contribution >= 0.6 is 11.3 Å². The number of carboxylic acid groups (broad SMARTS) is 1. The number of aliphatic carboxylic acids is 1. The first-order valence-electron chi connectivity index (χ1n) is 7.83. The van der Waals surface area contributed by atoms with Gasteiger partial charge in [-0.2, -0.15) is 0 Å². The maximum Gasteiger partial charge on any atom is 0.323 e. The molecule has 3 aromatic rings. The lowest BCUT2D eigenvalue weighted by Gasteiger charge is -2.12. The van der Waals surface area contributed by atoms with Gasteiger partial charge in [-0.3, -0.25) is 19.1 Å². The molecule has 0 saturated carbocycles. The first kappa shape index (κ1) is 15.0. The Bertz CT molecular complexity index is 992. The van der Waals surface area contributed by atoms with Gasteiger partial charge in [0.05, 0.1) is 5.39 Å². The van der Waals surface area contributed by atoms with Gasteiger partial charge in [0.25, 0.3) is 5.56 Å². The summed E-state index contributed by atoms with van der Waals surface area (Å²) in [5, 5.41) is 9.81. The minimum Gasteiger partial charge on any atom is -0.480 e. The van der Waals surface area contributed by atoms with E-state index in [9.17, 15) is 14.7 Å². The molecule has 24 heavy (non-hydrogen) atoms. The molecule has 0 aromatic carbocycles. The topological polar surface area (TPSA) is 85.1 Å². The second kappa shape index (κ2) is 5.83. The molecule has 1 aliphatic rings. The van der Waals surface area contributed by atoms with Gasteiger partial charge >= 0.3 is 5.97 Å². The Kier molecular flexibility index (Phi) is 3.65. The Morgan fingerprint density at radius 1 is 1.29 bits per heavy atom. The van der Waals surface area contributed by atoms with Gasteiger partial charge in [-0.05, 0) is 43.4 Å². The molecule has 7 heteroatoms. The summed E-state index contributed by atoms with van der Waals surface area (Å²) in [5.74, 6) is -0.756. The fourth-order valence-electron chi connectivity index (χ4n) is 3.21. The maximum atomic E-state index is 13.0. The van der Waals surface area contributed by atoms with E-state index in [0.29, 0.717) is 21.7 Å². The molecular formula is C17H15N3O3S. The Morgan fingerprint density at radius 3 is 2.88 bits per heavy atom. The summed E-state index contributed by atoms with van der Waals surface area (Å²) in [7, 11) is 0. The number of hydrogen-bond donors (Lipinski definition) is 1. The highest BCUT2D eigenvalue weighted by Gasteiger charge is 2.23. The highest BCUT2D eigenvalue weighted by molar-refractivity contribution is 7.18. The lowest BCUT2D eigenvalue weighted by Crippen LogP contribution is -2.27. The van der Waals surface area contributed by atoms with Crippen molar-refractivity contribution in [1.29, 1.82) is 0 Å². The smallest absolute Gasteiger partial charge is 0.323 e. The van der Waals surface area contributed by atoms with Crippen molar-refractivity contribution in [3.63, 3.8) is 0 Å². The van der Waals surface area contributed by atoms with Crippen molar-refractivity contribution in [2.75, 3.05) is 0 Å². The van der Waals surface area contributed by atoms with Crippen LogP contribution in [-0.4, -0.2) is 25.6 Å². The molecule has 0 atom stereocenters. The molecule has 3 heterocycles. The van der Waals surface area contributed by atoms with Crippen LogP contribution in [0.1, 0.15) is 23.3 Å². The molecule has 0 spiro atoms. The van der Waals surface area contributed by atoms with E-state index >= 15 is 0 Å². The number of carboxylic acids is 1. The summed E-state index contributed by atoms with van der Waals surface area (Å²) in [6, 6.07) is 5.30. The van der Waals surface area contributed by atoms with E-state index in [0.717, 1.165) is 31.2 Å². The van der Waals surface area contributed by atoms with Crippen LogP contribution in [0.15, 0.2) is 29.2 Å². The predicted molar refractivity (Wildman–Crippen MR) is 91.4 cm³/mol. The molecule has 0 aliphatic heterocycles. The van der Waals surface area contributed by atoms with Crippen molar-refractivity contribution in [2.24, 2.45) is 0 Å². The fraction of sp³-hybridized carbons (Fsp3) is 0.294. The second-order valence-corrected chi connectivity index (χ2v) is 6.91. The number of nitrogens with zero attached hydrogens (tertiary/aromatic N) is 3. The van der Waals surface area contributed by atoms with Crippen LogP contribution in [0, 0.1) is 0 Å². The zero-order valence-corrected chi connectivity index (χ0v) is 13.7. The van der Waals surface area contributed by atoms with E-state index in [1.807, 2.05) is 0 Å². The number of aromatic nitrogens is 3. The standard InChI is InChI=1S/C17H15N3O3S/c21-13(22)9-20-15(11-6-3-4-8-18-11)19-16-14(17(20)23)10-5-1-2-7-12(10)24-16/h3-4,6,8H,1-2,5,7,9H2,(H,21,22). The average Bonchev–Trinajstić information content (AvgIpc) is 2.96. The van der Waals surface area contributed by atoms with E-state index in [-0.39, 0.29) is 5.56 Å². The number of thiophene rings is 1. The van der Waals surface area contributed by atoms with Crippen molar-refractivity contribution in [3.8, 4) is 11.5 Å². The van der Waals surface area contributed by atoms with E-state index in [4.69, 9.17) is 0 Å². The summed E-state index contributed by atoms with van der Waals surface area (Å²) in [5.41, 5.74) is 1.29. The van der Waals surface area contributed by atoms with Crippen LogP contribution in [0.25, 0.3) is 21.7 Å². The molecule has 4 rings (SSSR count). The molecule has 0 amide bonds. The van der Waals surface area contributed by atoms with Gasteiger partial charge in [0.1, 0.15) is 17.1 Å². The Hall–Kier alpha value is -2.54. The minimum atomic E-state index is -1.07. The molecule has 0 radical (unpaired) electrons. The van der Waals surface area contributed by atoms with Gasteiger partial charge in [0, 0.05) is 11.1 Å². The van der Waals surface area contributed by atoms with Gasteiger partial charge in [-0.1, -0.05) is 6.07 Å². The van der Waals surface area contributed by atoms with E-state index in [1.165, 1.54) is 9.44 Å². The SMILES string of the molecule is O=C(O)Cn1c(-c2ccccn2)nc2sc3c(c2c1=O)CCCC3. The van der Waals surface area contributed by atoms with Crippen LogP contribution < -0.4 is 5.56 Å². The average molecular weight is 341 g/mol. The molecule has 122 valence electrons. The molecule has 3 aromatic heterocycles. The number of carbonyl (C=O) groups is 1. The fourth-order valence-corrected chi connectivity index (χ4v) is 4.46. The number of rotatable bonds is 3. The number of hydrogen-bond acceptors (Lipinski definition) is 5. The van der Waals surface area contributed by atoms with Crippen molar-refractivity contribution in [1.82, 2.24) is 14.5 Å². The van der Waals surface area contributed by atoms with Gasteiger partial charge in [0.15, 0.2) is 5.82 Å². The quantitative estimate of drug-likeness (QED) is 0.791. The zero-order valence-electron chi connectivity index (χ0n) is 12.9. The maximum absolute atomic E-state index is 13.0. The van der Waals surface area contributed by atoms with Gasteiger partial charge in [-0.15, -0.1) is 11.3 Å². The molecule has 0 saturated heterocycles. The van der Waals surface area contributed by atoms with E-state index < -0.39 is 12.5 Å². The molecule has 0 bridgehead atoms. The second-order valence-electron chi connectivity index (χ2n) is 5.83. The first-order valence-corrected chi connectivity index (χ1v) is 8.65. The first-order chi connectivity index (χ1) is 11.6.